The Kier molecular flexibility index (Phi) is 5.20. The van der Waals surface area contributed by atoms with Crippen molar-refractivity contribution in [3.05, 3.63) is 46.7 Å². The average Bonchev–Trinajstić information content (AvgIpc) is 2.43. The first kappa shape index (κ1) is 15.8. The molecular weight excluding hydrogens is 306 g/mol. The number of nitrogens with one attached hydrogen (secondary N) is 1. The molecule has 0 radical (unpaired) electrons. The lowest BCUT2D eigenvalue weighted by Crippen LogP contribution is -2.16. The van der Waals surface area contributed by atoms with E-state index in [0.29, 0.717) is 10.4 Å². The van der Waals surface area contributed by atoms with Gasteiger partial charge in [0, 0.05) is 10.9 Å². The number of thioether (sulfide) groups is 1. The van der Waals surface area contributed by atoms with E-state index < -0.39 is 0 Å². The van der Waals surface area contributed by atoms with Crippen molar-refractivity contribution < 1.29 is 4.79 Å². The lowest BCUT2D eigenvalue weighted by molar-refractivity contribution is 0.102. The zero-order chi connectivity index (χ0) is 15.4. The number of aryl methyl sites for hydroxylation is 1. The Balaban J connectivity index is 2.24. The first-order chi connectivity index (χ1) is 9.97. The number of carbonyl (C=O) groups excluding carboxylic acids is 1. The number of halogens is 1. The fourth-order valence-electron chi connectivity index (χ4n) is 1.67. The average molecular weight is 322 g/mol. The molecule has 0 spiro atoms. The molecule has 1 heterocycles. The van der Waals surface area contributed by atoms with E-state index in [1.165, 1.54) is 18.0 Å². The number of benzene rings is 1. The molecule has 4 nitrogen and oxygen atoms in total. The van der Waals surface area contributed by atoms with Crippen molar-refractivity contribution in [3.8, 4) is 0 Å². The third-order valence-corrected chi connectivity index (χ3v) is 3.83. The van der Waals surface area contributed by atoms with Crippen LogP contribution < -0.4 is 5.32 Å². The van der Waals surface area contributed by atoms with E-state index in [2.05, 4.69) is 15.3 Å². The van der Waals surface area contributed by atoms with Crippen molar-refractivity contribution in [1.82, 2.24) is 9.97 Å². The predicted molar refractivity (Wildman–Crippen MR) is 87.2 cm³/mol. The van der Waals surface area contributed by atoms with Crippen molar-refractivity contribution in [2.45, 2.75) is 31.2 Å². The lowest BCUT2D eigenvalue weighted by atomic mass is 10.2. The smallest absolute Gasteiger partial charge is 0.275 e. The third-order valence-electron chi connectivity index (χ3n) is 2.67. The van der Waals surface area contributed by atoms with Crippen LogP contribution in [-0.4, -0.2) is 21.1 Å². The van der Waals surface area contributed by atoms with Gasteiger partial charge in [-0.15, -0.1) is 0 Å². The van der Waals surface area contributed by atoms with Crippen LogP contribution in [-0.2, 0) is 0 Å². The van der Waals surface area contributed by atoms with E-state index in [0.717, 1.165) is 11.3 Å². The van der Waals surface area contributed by atoms with E-state index in [-0.39, 0.29) is 16.6 Å². The second-order valence-corrected chi connectivity index (χ2v) is 6.74. The second-order valence-electron chi connectivity index (χ2n) is 4.78. The molecule has 2 aromatic rings. The summed E-state index contributed by atoms with van der Waals surface area (Å²) in [4.78, 5) is 20.7. The van der Waals surface area contributed by atoms with E-state index in [1.54, 1.807) is 0 Å². The Bertz CT molecular complexity index is 661. The Morgan fingerprint density at radius 2 is 2.05 bits per heavy atom. The topological polar surface area (TPSA) is 54.9 Å². The number of amides is 1. The van der Waals surface area contributed by atoms with Crippen LogP contribution in [0.15, 0.2) is 35.6 Å². The first-order valence-electron chi connectivity index (χ1n) is 6.53. The fourth-order valence-corrected chi connectivity index (χ4v) is 2.53. The normalized spacial score (nSPS) is 10.7. The Labute approximate surface area is 133 Å². The van der Waals surface area contributed by atoms with Crippen molar-refractivity contribution in [3.63, 3.8) is 0 Å². The minimum absolute atomic E-state index is 0.193. The number of para-hydroxylation sites is 1. The molecule has 0 aliphatic rings. The summed E-state index contributed by atoms with van der Waals surface area (Å²) >= 11 is 7.53. The summed E-state index contributed by atoms with van der Waals surface area (Å²) in [7, 11) is 0. The molecule has 0 atom stereocenters. The number of rotatable bonds is 4. The molecule has 0 bridgehead atoms. The Morgan fingerprint density at radius 3 is 2.71 bits per heavy atom. The van der Waals surface area contributed by atoms with E-state index in [1.807, 2.05) is 45.0 Å². The van der Waals surface area contributed by atoms with Crippen LogP contribution >= 0.6 is 23.4 Å². The standard InChI is InChI=1S/C15H16ClN3OS/c1-9(2)21-15-17-8-11(16)13(19-15)14(20)18-12-7-5-4-6-10(12)3/h4-9H,1-3H3,(H,18,20). The van der Waals surface area contributed by atoms with Crippen LogP contribution in [0.5, 0.6) is 0 Å². The van der Waals surface area contributed by atoms with Gasteiger partial charge >= 0.3 is 0 Å². The molecule has 21 heavy (non-hydrogen) atoms. The molecule has 110 valence electrons. The summed E-state index contributed by atoms with van der Waals surface area (Å²) in [6.07, 6.45) is 1.46. The van der Waals surface area contributed by atoms with Gasteiger partial charge in [-0.2, -0.15) is 0 Å². The van der Waals surface area contributed by atoms with E-state index >= 15 is 0 Å². The van der Waals surface area contributed by atoms with Crippen molar-refractivity contribution >= 4 is 35.0 Å². The molecule has 1 aromatic carbocycles. The van der Waals surface area contributed by atoms with Crippen molar-refractivity contribution in [2.24, 2.45) is 0 Å². The molecule has 6 heteroatoms. The molecule has 1 aromatic heterocycles. The van der Waals surface area contributed by atoms with Crippen LogP contribution in [0.1, 0.15) is 29.9 Å². The molecule has 1 amide bonds. The highest BCUT2D eigenvalue weighted by atomic mass is 35.5. The fraction of sp³-hybridized carbons (Fsp3) is 0.267. The number of hydrogen-bond donors (Lipinski definition) is 1. The van der Waals surface area contributed by atoms with Gasteiger partial charge in [0.05, 0.1) is 11.2 Å². The molecule has 2 rings (SSSR count). The highest BCUT2D eigenvalue weighted by Gasteiger charge is 2.15. The van der Waals surface area contributed by atoms with Gasteiger partial charge in [0.1, 0.15) is 0 Å². The van der Waals surface area contributed by atoms with E-state index in [9.17, 15) is 4.79 Å². The van der Waals surface area contributed by atoms with Crippen molar-refractivity contribution in [2.75, 3.05) is 5.32 Å². The van der Waals surface area contributed by atoms with Gasteiger partial charge in [-0.3, -0.25) is 4.79 Å². The van der Waals surface area contributed by atoms with Crippen molar-refractivity contribution in [1.29, 1.82) is 0 Å². The SMILES string of the molecule is Cc1ccccc1NC(=O)c1nc(SC(C)C)ncc1Cl. The Hall–Kier alpha value is -1.59. The second kappa shape index (κ2) is 6.91. The zero-order valence-corrected chi connectivity index (χ0v) is 13.6. The molecule has 0 aliphatic heterocycles. The van der Waals surface area contributed by atoms with Gasteiger partial charge in [-0.1, -0.05) is 55.4 Å². The number of hydrogen-bond acceptors (Lipinski definition) is 4. The third kappa shape index (κ3) is 4.19. The molecule has 0 saturated heterocycles. The summed E-state index contributed by atoms with van der Waals surface area (Å²) in [5.74, 6) is -0.331. The summed E-state index contributed by atoms with van der Waals surface area (Å²) in [5, 5.41) is 3.95. The van der Waals surface area contributed by atoms with Gasteiger partial charge in [0.25, 0.3) is 5.91 Å². The summed E-state index contributed by atoms with van der Waals surface area (Å²) in [6.45, 7) is 6.00. The summed E-state index contributed by atoms with van der Waals surface area (Å²) < 4.78 is 0. The highest BCUT2D eigenvalue weighted by molar-refractivity contribution is 7.99. The van der Waals surface area contributed by atoms with Crippen LogP contribution in [0.25, 0.3) is 0 Å². The van der Waals surface area contributed by atoms with Gasteiger partial charge in [0.15, 0.2) is 10.9 Å². The summed E-state index contributed by atoms with van der Waals surface area (Å²) in [6, 6.07) is 7.55. The largest absolute Gasteiger partial charge is 0.320 e. The minimum atomic E-state index is -0.331. The molecule has 0 aliphatic carbocycles. The maximum absolute atomic E-state index is 12.3. The molecule has 0 unspecified atom stereocenters. The Morgan fingerprint density at radius 1 is 1.33 bits per heavy atom. The predicted octanol–water partition coefficient (Wildman–Crippen LogP) is 4.19. The van der Waals surface area contributed by atoms with E-state index in [4.69, 9.17) is 11.6 Å². The van der Waals surface area contributed by atoms with Gasteiger partial charge in [-0.25, -0.2) is 9.97 Å². The monoisotopic (exact) mass is 321 g/mol. The maximum atomic E-state index is 12.3. The number of aromatic nitrogens is 2. The molecular formula is C15H16ClN3OS. The van der Waals surface area contributed by atoms with Crippen LogP contribution in [0.4, 0.5) is 5.69 Å². The van der Waals surface area contributed by atoms with Crippen LogP contribution in [0.3, 0.4) is 0 Å². The first-order valence-corrected chi connectivity index (χ1v) is 7.79. The number of anilines is 1. The minimum Gasteiger partial charge on any atom is -0.320 e. The van der Waals surface area contributed by atoms with Crippen LogP contribution in [0.2, 0.25) is 5.02 Å². The van der Waals surface area contributed by atoms with Gasteiger partial charge < -0.3 is 5.32 Å². The quantitative estimate of drug-likeness (QED) is 0.677. The van der Waals surface area contributed by atoms with Crippen LogP contribution in [0, 0.1) is 6.92 Å². The number of carbonyl (C=O) groups is 1. The van der Waals surface area contributed by atoms with Gasteiger partial charge in [-0.05, 0) is 18.6 Å². The van der Waals surface area contributed by atoms with Gasteiger partial charge in [0.2, 0.25) is 0 Å². The molecule has 1 N–H and O–H groups in total. The molecule has 0 saturated carbocycles. The highest BCUT2D eigenvalue weighted by Crippen LogP contribution is 2.23. The zero-order valence-electron chi connectivity index (χ0n) is 12.1. The maximum Gasteiger partial charge on any atom is 0.275 e. The summed E-state index contributed by atoms with van der Waals surface area (Å²) in [5.41, 5.74) is 1.92. The molecule has 0 fully saturated rings. The number of nitrogens with zero attached hydrogens (tertiary/aromatic N) is 2. The lowest BCUT2D eigenvalue weighted by Gasteiger charge is -2.10.